The molecule has 0 aliphatic carbocycles. The maximum Gasteiger partial charge on any atom is 0.272 e. The van der Waals surface area contributed by atoms with Gasteiger partial charge in [-0.1, -0.05) is 6.07 Å². The van der Waals surface area contributed by atoms with Crippen molar-refractivity contribution < 1.29 is 9.53 Å². The summed E-state index contributed by atoms with van der Waals surface area (Å²) in [6.07, 6.45) is 0. The highest BCUT2D eigenvalue weighted by Gasteiger charge is 2.25. The zero-order valence-corrected chi connectivity index (χ0v) is 18.1. The molecule has 3 aromatic rings. The lowest BCUT2D eigenvalue weighted by Gasteiger charge is -2.36. The number of rotatable bonds is 4. The molecule has 0 atom stereocenters. The second-order valence-electron chi connectivity index (χ2n) is 7.83. The number of amides is 1. The summed E-state index contributed by atoms with van der Waals surface area (Å²) in [5.74, 6) is 0.795. The third-order valence-electron chi connectivity index (χ3n) is 5.79. The molecule has 0 radical (unpaired) electrons. The molecule has 0 unspecified atom stereocenters. The molecule has 6 heteroatoms. The van der Waals surface area contributed by atoms with Crippen LogP contribution in [-0.4, -0.2) is 53.9 Å². The zero-order valence-electron chi connectivity index (χ0n) is 18.1. The molecule has 1 aromatic heterocycles. The molecule has 30 heavy (non-hydrogen) atoms. The van der Waals surface area contributed by atoms with Gasteiger partial charge in [0.15, 0.2) is 0 Å². The highest BCUT2D eigenvalue weighted by molar-refractivity contribution is 5.93. The van der Waals surface area contributed by atoms with Gasteiger partial charge < -0.3 is 14.5 Å². The highest BCUT2D eigenvalue weighted by atomic mass is 16.5. The number of anilines is 1. The van der Waals surface area contributed by atoms with E-state index in [9.17, 15) is 4.79 Å². The predicted molar refractivity (Wildman–Crippen MR) is 119 cm³/mol. The van der Waals surface area contributed by atoms with Crippen molar-refractivity contribution >= 4 is 11.6 Å². The van der Waals surface area contributed by atoms with Crippen molar-refractivity contribution in [2.45, 2.75) is 20.8 Å². The smallest absolute Gasteiger partial charge is 0.272 e. The van der Waals surface area contributed by atoms with Gasteiger partial charge in [-0.2, -0.15) is 5.10 Å². The van der Waals surface area contributed by atoms with Gasteiger partial charge in [0.05, 0.1) is 18.5 Å². The second kappa shape index (κ2) is 8.22. The number of benzene rings is 2. The summed E-state index contributed by atoms with van der Waals surface area (Å²) >= 11 is 0. The van der Waals surface area contributed by atoms with Gasteiger partial charge in [0.1, 0.15) is 11.4 Å². The Morgan fingerprint density at radius 3 is 2.17 bits per heavy atom. The van der Waals surface area contributed by atoms with Crippen molar-refractivity contribution in [1.82, 2.24) is 14.7 Å². The van der Waals surface area contributed by atoms with E-state index in [0.29, 0.717) is 18.8 Å². The Morgan fingerprint density at radius 2 is 1.53 bits per heavy atom. The summed E-state index contributed by atoms with van der Waals surface area (Å²) in [7, 11) is 1.64. The van der Waals surface area contributed by atoms with E-state index >= 15 is 0 Å². The Kier molecular flexibility index (Phi) is 5.48. The predicted octanol–water partition coefficient (Wildman–Crippen LogP) is 3.77. The SMILES string of the molecule is COc1ccc(-n2nc(C)cc2C(=O)N2CCN(c3ccc(C)c(C)c3)CC2)cc1. The average Bonchev–Trinajstić information content (AvgIpc) is 3.17. The Labute approximate surface area is 177 Å². The van der Waals surface area contributed by atoms with E-state index in [2.05, 4.69) is 42.0 Å². The number of carbonyl (C=O) groups is 1. The largest absolute Gasteiger partial charge is 0.497 e. The molecule has 156 valence electrons. The lowest BCUT2D eigenvalue weighted by atomic mass is 10.1. The number of methoxy groups -OCH3 is 1. The van der Waals surface area contributed by atoms with Crippen LogP contribution in [-0.2, 0) is 0 Å². The summed E-state index contributed by atoms with van der Waals surface area (Å²) < 4.78 is 6.96. The van der Waals surface area contributed by atoms with Crippen LogP contribution in [0, 0.1) is 20.8 Å². The minimum Gasteiger partial charge on any atom is -0.497 e. The number of aryl methyl sites for hydroxylation is 3. The number of ether oxygens (including phenoxy) is 1. The van der Waals surface area contributed by atoms with E-state index in [1.165, 1.54) is 16.8 Å². The fraction of sp³-hybridized carbons (Fsp3) is 0.333. The van der Waals surface area contributed by atoms with Gasteiger partial charge in [-0.25, -0.2) is 4.68 Å². The van der Waals surface area contributed by atoms with Gasteiger partial charge >= 0.3 is 0 Å². The summed E-state index contributed by atoms with van der Waals surface area (Å²) in [6.45, 7) is 9.21. The molecule has 0 N–H and O–H groups in total. The molecule has 0 spiro atoms. The fourth-order valence-electron chi connectivity index (χ4n) is 3.82. The van der Waals surface area contributed by atoms with Crippen LogP contribution in [0.3, 0.4) is 0 Å². The van der Waals surface area contributed by atoms with Crippen molar-refractivity contribution in [3.05, 3.63) is 71.0 Å². The van der Waals surface area contributed by atoms with E-state index in [1.54, 1.807) is 11.8 Å². The first-order valence-electron chi connectivity index (χ1n) is 10.3. The average molecular weight is 405 g/mol. The summed E-state index contributed by atoms with van der Waals surface area (Å²) in [6, 6.07) is 16.0. The molecular formula is C24H28N4O2. The third-order valence-corrected chi connectivity index (χ3v) is 5.79. The van der Waals surface area contributed by atoms with Crippen LogP contribution in [0.2, 0.25) is 0 Å². The molecule has 2 aromatic carbocycles. The number of hydrogen-bond acceptors (Lipinski definition) is 4. The first kappa shape index (κ1) is 20.0. The molecule has 1 aliphatic heterocycles. The minimum absolute atomic E-state index is 0.0196. The van der Waals surface area contributed by atoms with Crippen molar-refractivity contribution in [2.75, 3.05) is 38.2 Å². The molecule has 6 nitrogen and oxygen atoms in total. The third kappa shape index (κ3) is 3.90. The maximum atomic E-state index is 13.3. The molecule has 1 fully saturated rings. The van der Waals surface area contributed by atoms with Crippen LogP contribution in [0.15, 0.2) is 48.5 Å². The zero-order chi connectivity index (χ0) is 21.3. The van der Waals surface area contributed by atoms with Crippen LogP contribution in [0.25, 0.3) is 5.69 Å². The quantitative estimate of drug-likeness (QED) is 0.664. The second-order valence-corrected chi connectivity index (χ2v) is 7.83. The molecule has 1 saturated heterocycles. The van der Waals surface area contributed by atoms with Crippen LogP contribution >= 0.6 is 0 Å². The number of carbonyl (C=O) groups excluding carboxylic acids is 1. The number of nitrogens with zero attached hydrogens (tertiary/aromatic N) is 4. The van der Waals surface area contributed by atoms with Gasteiger partial charge in [-0.15, -0.1) is 0 Å². The molecule has 0 saturated carbocycles. The van der Waals surface area contributed by atoms with Gasteiger partial charge in [0.25, 0.3) is 5.91 Å². The monoisotopic (exact) mass is 404 g/mol. The van der Waals surface area contributed by atoms with Crippen molar-refractivity contribution in [3.8, 4) is 11.4 Å². The molecular weight excluding hydrogens is 376 g/mol. The first-order chi connectivity index (χ1) is 14.5. The first-order valence-corrected chi connectivity index (χ1v) is 10.3. The summed E-state index contributed by atoms with van der Waals surface area (Å²) in [4.78, 5) is 17.6. The van der Waals surface area contributed by atoms with Crippen LogP contribution in [0.4, 0.5) is 5.69 Å². The molecule has 1 aliphatic rings. The molecule has 0 bridgehead atoms. The highest BCUT2D eigenvalue weighted by Crippen LogP contribution is 2.22. The fourth-order valence-corrected chi connectivity index (χ4v) is 3.82. The topological polar surface area (TPSA) is 50.6 Å². The van der Waals surface area contributed by atoms with Gasteiger partial charge in [-0.3, -0.25) is 4.79 Å². The normalized spacial score (nSPS) is 14.1. The lowest BCUT2D eigenvalue weighted by Crippen LogP contribution is -2.49. The van der Waals surface area contributed by atoms with Crippen molar-refractivity contribution in [1.29, 1.82) is 0 Å². The number of hydrogen-bond donors (Lipinski definition) is 0. The van der Waals surface area contributed by atoms with Crippen molar-refractivity contribution in [3.63, 3.8) is 0 Å². The Hall–Kier alpha value is -3.28. The number of piperazine rings is 1. The van der Waals surface area contributed by atoms with E-state index in [0.717, 1.165) is 30.2 Å². The van der Waals surface area contributed by atoms with Gasteiger partial charge in [0, 0.05) is 31.9 Å². The summed E-state index contributed by atoms with van der Waals surface area (Å²) in [5, 5.41) is 4.55. The van der Waals surface area contributed by atoms with E-state index in [4.69, 9.17) is 4.74 Å². The van der Waals surface area contributed by atoms with E-state index in [-0.39, 0.29) is 5.91 Å². The summed E-state index contributed by atoms with van der Waals surface area (Å²) in [5.41, 5.74) is 6.09. The van der Waals surface area contributed by atoms with Gasteiger partial charge in [-0.05, 0) is 74.4 Å². The van der Waals surface area contributed by atoms with E-state index in [1.807, 2.05) is 42.2 Å². The van der Waals surface area contributed by atoms with Crippen LogP contribution in [0.1, 0.15) is 27.3 Å². The lowest BCUT2D eigenvalue weighted by molar-refractivity contribution is 0.0737. The molecule has 4 rings (SSSR count). The standard InChI is InChI=1S/C24H28N4O2/c1-17-5-6-21(15-18(17)2)26-11-13-27(14-12-26)24(29)23-16-19(3)25-28(23)20-7-9-22(30-4)10-8-20/h5-10,15-16H,11-14H2,1-4H3. The Bertz CT molecular complexity index is 1050. The maximum absolute atomic E-state index is 13.3. The van der Waals surface area contributed by atoms with Gasteiger partial charge in [0.2, 0.25) is 0 Å². The Balaban J connectivity index is 1.50. The Morgan fingerprint density at radius 1 is 0.867 bits per heavy atom. The van der Waals surface area contributed by atoms with Crippen LogP contribution < -0.4 is 9.64 Å². The molecule has 2 heterocycles. The minimum atomic E-state index is 0.0196. The number of aromatic nitrogens is 2. The van der Waals surface area contributed by atoms with Crippen molar-refractivity contribution in [2.24, 2.45) is 0 Å². The van der Waals surface area contributed by atoms with E-state index < -0.39 is 0 Å². The van der Waals surface area contributed by atoms with Crippen LogP contribution in [0.5, 0.6) is 5.75 Å². The molecule has 1 amide bonds.